The predicted molar refractivity (Wildman–Crippen MR) is 81.5 cm³/mol. The number of nitrogens with two attached hydrogens (primary N) is 1. The van der Waals surface area contributed by atoms with E-state index in [1.54, 1.807) is 6.07 Å². The van der Waals surface area contributed by atoms with Gasteiger partial charge in [0.1, 0.15) is 4.99 Å². The van der Waals surface area contributed by atoms with Gasteiger partial charge in [0, 0.05) is 18.7 Å². The second-order valence-corrected chi connectivity index (χ2v) is 5.30. The summed E-state index contributed by atoms with van der Waals surface area (Å²) in [6.45, 7) is 6.40. The second-order valence-electron chi connectivity index (χ2n) is 4.45. The maximum absolute atomic E-state index is 6.12. The summed E-state index contributed by atoms with van der Waals surface area (Å²) in [5, 5.41) is 3.83. The predicted octanol–water partition coefficient (Wildman–Crippen LogP) is 3.06. The molecule has 5 heteroatoms. The van der Waals surface area contributed by atoms with Crippen LogP contribution in [0.3, 0.4) is 0 Å². The quantitative estimate of drug-likeness (QED) is 0.597. The summed E-state index contributed by atoms with van der Waals surface area (Å²) in [5.74, 6) is 0.554. The third-order valence-corrected chi connectivity index (χ3v) is 2.82. The molecular weight excluding hydrogens is 268 g/mol. The van der Waals surface area contributed by atoms with Gasteiger partial charge in [0.05, 0.1) is 17.3 Å². The Morgan fingerprint density at radius 3 is 2.78 bits per heavy atom. The fourth-order valence-electron chi connectivity index (χ4n) is 1.39. The summed E-state index contributed by atoms with van der Waals surface area (Å²) >= 11 is 11.0. The van der Waals surface area contributed by atoms with Crippen molar-refractivity contribution in [2.24, 2.45) is 11.7 Å². The van der Waals surface area contributed by atoms with Gasteiger partial charge in [-0.25, -0.2) is 0 Å². The molecule has 0 radical (unpaired) electrons. The van der Waals surface area contributed by atoms with Crippen LogP contribution in [0, 0.1) is 5.92 Å². The monoisotopic (exact) mass is 286 g/mol. The Balaban J connectivity index is 2.41. The van der Waals surface area contributed by atoms with Crippen molar-refractivity contribution in [3.63, 3.8) is 0 Å². The van der Waals surface area contributed by atoms with E-state index >= 15 is 0 Å². The first-order valence-corrected chi connectivity index (χ1v) is 6.70. The highest BCUT2D eigenvalue weighted by molar-refractivity contribution is 7.80. The van der Waals surface area contributed by atoms with Gasteiger partial charge in [-0.3, -0.25) is 0 Å². The van der Waals surface area contributed by atoms with Crippen LogP contribution in [0.2, 0.25) is 5.02 Å². The number of anilines is 1. The number of rotatable bonds is 7. The van der Waals surface area contributed by atoms with E-state index in [1.165, 1.54) is 0 Å². The summed E-state index contributed by atoms with van der Waals surface area (Å²) in [7, 11) is 0. The molecule has 3 N–H and O–H groups in total. The summed E-state index contributed by atoms with van der Waals surface area (Å²) in [4.78, 5) is 0.351. The zero-order valence-electron chi connectivity index (χ0n) is 10.7. The molecule has 0 aliphatic rings. The number of ether oxygens (including phenoxy) is 1. The largest absolute Gasteiger partial charge is 0.389 e. The Labute approximate surface area is 119 Å². The van der Waals surface area contributed by atoms with E-state index in [1.807, 2.05) is 12.1 Å². The van der Waals surface area contributed by atoms with Crippen molar-refractivity contribution in [3.8, 4) is 0 Å². The van der Waals surface area contributed by atoms with Crippen LogP contribution >= 0.6 is 23.8 Å². The van der Waals surface area contributed by atoms with E-state index in [9.17, 15) is 0 Å². The maximum atomic E-state index is 6.12. The molecule has 3 nitrogen and oxygen atoms in total. The molecular formula is C13H19ClN2OS. The van der Waals surface area contributed by atoms with Crippen molar-refractivity contribution < 1.29 is 4.74 Å². The van der Waals surface area contributed by atoms with Crippen LogP contribution in [-0.4, -0.2) is 24.7 Å². The Kier molecular flexibility index (Phi) is 6.39. The number of hydrogen-bond donors (Lipinski definition) is 2. The summed E-state index contributed by atoms with van der Waals surface area (Å²) in [6, 6.07) is 5.49. The first-order valence-electron chi connectivity index (χ1n) is 5.91. The highest BCUT2D eigenvalue weighted by Gasteiger charge is 2.03. The molecule has 1 rings (SSSR count). The minimum atomic E-state index is 0.351. The standard InChI is InChI=1S/C13H19ClN2OS/c1-9(2)8-17-6-5-16-12-4-3-10(13(15)18)7-11(12)14/h3-4,7,9,16H,5-6,8H2,1-2H3,(H2,15,18). The van der Waals surface area contributed by atoms with Crippen LogP contribution < -0.4 is 11.1 Å². The Bertz CT molecular complexity index is 410. The average Bonchev–Trinajstić information content (AvgIpc) is 2.29. The summed E-state index contributed by atoms with van der Waals surface area (Å²) in [6.07, 6.45) is 0. The van der Waals surface area contributed by atoms with E-state index < -0.39 is 0 Å². The van der Waals surface area contributed by atoms with Crippen molar-refractivity contribution in [2.45, 2.75) is 13.8 Å². The lowest BCUT2D eigenvalue weighted by Crippen LogP contribution is -2.13. The van der Waals surface area contributed by atoms with E-state index in [0.29, 0.717) is 22.5 Å². The van der Waals surface area contributed by atoms with E-state index in [-0.39, 0.29) is 0 Å². The molecule has 0 heterocycles. The van der Waals surface area contributed by atoms with Gasteiger partial charge < -0.3 is 15.8 Å². The minimum absolute atomic E-state index is 0.351. The van der Waals surface area contributed by atoms with E-state index in [4.69, 9.17) is 34.3 Å². The number of benzene rings is 1. The molecule has 0 aliphatic carbocycles. The lowest BCUT2D eigenvalue weighted by Gasteiger charge is -2.11. The third kappa shape index (κ3) is 5.21. The van der Waals surface area contributed by atoms with Crippen molar-refractivity contribution in [2.75, 3.05) is 25.1 Å². The van der Waals surface area contributed by atoms with Gasteiger partial charge in [-0.2, -0.15) is 0 Å². The van der Waals surface area contributed by atoms with Crippen molar-refractivity contribution in [1.29, 1.82) is 0 Å². The van der Waals surface area contributed by atoms with Crippen LogP contribution in [0.4, 0.5) is 5.69 Å². The molecule has 0 bridgehead atoms. The van der Waals surface area contributed by atoms with Crippen LogP contribution in [-0.2, 0) is 4.74 Å². The summed E-state index contributed by atoms with van der Waals surface area (Å²) < 4.78 is 5.47. The van der Waals surface area contributed by atoms with Gasteiger partial charge >= 0.3 is 0 Å². The zero-order valence-corrected chi connectivity index (χ0v) is 12.3. The van der Waals surface area contributed by atoms with Crippen molar-refractivity contribution in [3.05, 3.63) is 28.8 Å². The normalized spacial score (nSPS) is 10.7. The van der Waals surface area contributed by atoms with Gasteiger partial charge in [-0.05, 0) is 24.1 Å². The molecule has 1 aromatic carbocycles. The fraction of sp³-hybridized carbons (Fsp3) is 0.462. The molecule has 0 aromatic heterocycles. The van der Waals surface area contributed by atoms with Gasteiger partial charge in [0.25, 0.3) is 0 Å². The Hall–Kier alpha value is -0.840. The molecule has 0 atom stereocenters. The van der Waals surface area contributed by atoms with Crippen LogP contribution in [0.1, 0.15) is 19.4 Å². The average molecular weight is 287 g/mol. The van der Waals surface area contributed by atoms with Crippen LogP contribution in [0.15, 0.2) is 18.2 Å². The second kappa shape index (κ2) is 7.56. The van der Waals surface area contributed by atoms with E-state index in [0.717, 1.165) is 24.4 Å². The molecule has 18 heavy (non-hydrogen) atoms. The van der Waals surface area contributed by atoms with Crippen LogP contribution in [0.25, 0.3) is 0 Å². The minimum Gasteiger partial charge on any atom is -0.389 e. The molecule has 0 saturated carbocycles. The topological polar surface area (TPSA) is 47.3 Å². The lowest BCUT2D eigenvalue weighted by atomic mass is 10.2. The third-order valence-electron chi connectivity index (χ3n) is 2.27. The van der Waals surface area contributed by atoms with Gasteiger partial charge in [-0.15, -0.1) is 0 Å². The molecule has 0 fully saturated rings. The first kappa shape index (κ1) is 15.2. The molecule has 0 unspecified atom stereocenters. The fourth-order valence-corrected chi connectivity index (χ4v) is 1.76. The molecule has 100 valence electrons. The Morgan fingerprint density at radius 1 is 1.50 bits per heavy atom. The van der Waals surface area contributed by atoms with Gasteiger partial charge in [0.2, 0.25) is 0 Å². The van der Waals surface area contributed by atoms with Gasteiger partial charge in [-0.1, -0.05) is 37.7 Å². The summed E-state index contributed by atoms with van der Waals surface area (Å²) in [5.41, 5.74) is 7.17. The number of hydrogen-bond acceptors (Lipinski definition) is 3. The highest BCUT2D eigenvalue weighted by atomic mass is 35.5. The molecule has 1 aromatic rings. The molecule has 0 aliphatic heterocycles. The number of halogens is 1. The molecule has 0 amide bonds. The van der Waals surface area contributed by atoms with Gasteiger partial charge in [0.15, 0.2) is 0 Å². The number of thiocarbonyl (C=S) groups is 1. The van der Waals surface area contributed by atoms with E-state index in [2.05, 4.69) is 19.2 Å². The maximum Gasteiger partial charge on any atom is 0.104 e. The van der Waals surface area contributed by atoms with Crippen molar-refractivity contribution in [1.82, 2.24) is 0 Å². The van der Waals surface area contributed by atoms with Crippen molar-refractivity contribution >= 4 is 34.5 Å². The first-order chi connectivity index (χ1) is 8.50. The smallest absolute Gasteiger partial charge is 0.104 e. The number of nitrogens with one attached hydrogen (secondary N) is 1. The highest BCUT2D eigenvalue weighted by Crippen LogP contribution is 2.22. The van der Waals surface area contributed by atoms with Crippen LogP contribution in [0.5, 0.6) is 0 Å². The SMILES string of the molecule is CC(C)COCCNc1ccc(C(N)=S)cc1Cl. The lowest BCUT2D eigenvalue weighted by molar-refractivity contribution is 0.118. The Morgan fingerprint density at radius 2 is 2.22 bits per heavy atom. The molecule has 0 spiro atoms. The zero-order chi connectivity index (χ0) is 13.5. The molecule has 0 saturated heterocycles.